The third kappa shape index (κ3) is 4.36. The first-order valence-electron chi connectivity index (χ1n) is 11.5. The number of piperazine rings is 1. The number of benzene rings is 2. The Bertz CT molecular complexity index is 1300. The van der Waals surface area contributed by atoms with Crippen molar-refractivity contribution in [2.75, 3.05) is 26.8 Å². The molecule has 35 heavy (non-hydrogen) atoms. The molecule has 2 saturated heterocycles. The van der Waals surface area contributed by atoms with Crippen molar-refractivity contribution >= 4 is 11.8 Å². The number of fused-ring (bicyclic) bond motifs is 1. The Balaban J connectivity index is 1.34. The summed E-state index contributed by atoms with van der Waals surface area (Å²) < 4.78 is 5.24. The van der Waals surface area contributed by atoms with Crippen molar-refractivity contribution in [1.82, 2.24) is 14.8 Å². The number of carbonyl (C=O) groups excluding carboxylic acids is 2. The van der Waals surface area contributed by atoms with Crippen molar-refractivity contribution in [3.8, 4) is 17.6 Å². The highest BCUT2D eigenvalue weighted by Crippen LogP contribution is 2.43. The first kappa shape index (κ1) is 22.6. The summed E-state index contributed by atoms with van der Waals surface area (Å²) in [7, 11) is 1.63. The summed E-state index contributed by atoms with van der Waals surface area (Å²) >= 11 is 0. The van der Waals surface area contributed by atoms with Gasteiger partial charge in [-0.2, -0.15) is 0 Å². The normalized spacial score (nSPS) is 20.9. The predicted octanol–water partition coefficient (Wildman–Crippen LogP) is 2.30. The molecule has 3 heterocycles. The van der Waals surface area contributed by atoms with Gasteiger partial charge in [0.15, 0.2) is 0 Å². The molecule has 2 aliphatic heterocycles. The molecule has 0 radical (unpaired) electrons. The number of pyridine rings is 1. The van der Waals surface area contributed by atoms with Gasteiger partial charge in [0, 0.05) is 41.5 Å². The summed E-state index contributed by atoms with van der Waals surface area (Å²) in [4.78, 5) is 33.1. The van der Waals surface area contributed by atoms with Crippen LogP contribution in [0.2, 0.25) is 0 Å². The molecule has 0 unspecified atom stereocenters. The van der Waals surface area contributed by atoms with Gasteiger partial charge in [0.2, 0.25) is 5.91 Å². The minimum Gasteiger partial charge on any atom is -0.497 e. The van der Waals surface area contributed by atoms with Gasteiger partial charge in [0.25, 0.3) is 5.91 Å². The molecule has 3 aromatic rings. The number of aromatic nitrogens is 1. The van der Waals surface area contributed by atoms with Gasteiger partial charge in [0.1, 0.15) is 12.3 Å². The Morgan fingerprint density at radius 3 is 2.54 bits per heavy atom. The first-order valence-corrected chi connectivity index (χ1v) is 11.5. The van der Waals surface area contributed by atoms with Crippen LogP contribution < -0.4 is 4.74 Å². The minimum absolute atomic E-state index is 0.0136. The number of aliphatic hydroxyl groups is 1. The van der Waals surface area contributed by atoms with E-state index in [1.807, 2.05) is 48.5 Å². The first-order chi connectivity index (χ1) is 17.1. The fourth-order valence-electron chi connectivity index (χ4n) is 4.97. The van der Waals surface area contributed by atoms with Crippen LogP contribution in [0.4, 0.5) is 0 Å². The quantitative estimate of drug-likeness (QED) is 0.596. The van der Waals surface area contributed by atoms with Crippen LogP contribution in [0.25, 0.3) is 0 Å². The fraction of sp³-hybridized carbons (Fsp3) is 0.250. The molecule has 7 nitrogen and oxygen atoms in total. The molecule has 0 saturated carbocycles. The van der Waals surface area contributed by atoms with E-state index in [2.05, 4.69) is 16.8 Å². The van der Waals surface area contributed by atoms with Crippen LogP contribution in [-0.4, -0.2) is 70.6 Å². The van der Waals surface area contributed by atoms with Gasteiger partial charge in [-0.25, -0.2) is 0 Å². The van der Waals surface area contributed by atoms with Crippen LogP contribution in [0.1, 0.15) is 33.0 Å². The van der Waals surface area contributed by atoms with E-state index >= 15 is 0 Å². The molecule has 176 valence electrons. The average Bonchev–Trinajstić information content (AvgIpc) is 2.89. The number of nitrogens with zero attached hydrogens (tertiary/aromatic N) is 3. The maximum Gasteiger partial charge on any atom is 0.254 e. The number of ether oxygens (including phenoxy) is 1. The Hall–Kier alpha value is -4.15. The highest BCUT2D eigenvalue weighted by atomic mass is 16.5. The lowest BCUT2D eigenvalue weighted by atomic mass is 9.73. The maximum atomic E-state index is 12.9. The molecule has 2 fully saturated rings. The predicted molar refractivity (Wildman–Crippen MR) is 130 cm³/mol. The zero-order chi connectivity index (χ0) is 24.4. The molecule has 2 amide bonds. The molecule has 1 aromatic heterocycles. The van der Waals surface area contributed by atoms with E-state index in [0.29, 0.717) is 12.1 Å². The van der Waals surface area contributed by atoms with Crippen LogP contribution in [0.15, 0.2) is 73.1 Å². The van der Waals surface area contributed by atoms with E-state index in [1.165, 1.54) is 0 Å². The third-order valence-corrected chi connectivity index (χ3v) is 6.68. The highest BCUT2D eigenvalue weighted by molar-refractivity contribution is 5.97. The molecule has 0 aliphatic carbocycles. The zero-order valence-corrected chi connectivity index (χ0v) is 19.3. The van der Waals surface area contributed by atoms with Crippen LogP contribution in [0.3, 0.4) is 0 Å². The van der Waals surface area contributed by atoms with Gasteiger partial charge < -0.3 is 19.6 Å². The summed E-state index contributed by atoms with van der Waals surface area (Å²) in [6.07, 6.45) is 3.13. The van der Waals surface area contributed by atoms with Crippen molar-refractivity contribution in [1.29, 1.82) is 0 Å². The van der Waals surface area contributed by atoms with Crippen LogP contribution in [-0.2, 0) is 4.79 Å². The number of hydrogen-bond acceptors (Lipinski definition) is 5. The molecular formula is C28H25N3O4. The fourth-order valence-corrected chi connectivity index (χ4v) is 4.97. The van der Waals surface area contributed by atoms with Gasteiger partial charge in [-0.05, 0) is 48.0 Å². The Labute approximate surface area is 204 Å². The second-order valence-corrected chi connectivity index (χ2v) is 8.67. The van der Waals surface area contributed by atoms with E-state index in [-0.39, 0.29) is 43.0 Å². The van der Waals surface area contributed by atoms with Crippen LogP contribution in [0, 0.1) is 11.8 Å². The second-order valence-electron chi connectivity index (χ2n) is 8.67. The molecule has 2 aromatic carbocycles. The SMILES string of the molecule is COc1cccc(C#Cc2ccc([C@@H]3[C@@H](CO)N4C(=O)CN(C(=O)c5ccncc5)C[C@H]34)cc2)c1. The van der Waals surface area contributed by atoms with Gasteiger partial charge in [-0.3, -0.25) is 14.6 Å². The number of carbonyl (C=O) groups is 2. The lowest BCUT2D eigenvalue weighted by Crippen LogP contribution is -2.73. The molecular weight excluding hydrogens is 442 g/mol. The summed E-state index contributed by atoms with van der Waals surface area (Å²) in [6.45, 7) is 0.313. The molecule has 1 N–H and O–H groups in total. The number of rotatable bonds is 4. The van der Waals surface area contributed by atoms with Crippen molar-refractivity contribution in [3.63, 3.8) is 0 Å². The van der Waals surface area contributed by atoms with Gasteiger partial charge >= 0.3 is 0 Å². The summed E-state index contributed by atoms with van der Waals surface area (Å²) in [6, 6.07) is 18.3. The van der Waals surface area contributed by atoms with E-state index in [0.717, 1.165) is 22.4 Å². The lowest BCUT2D eigenvalue weighted by molar-refractivity contribution is -0.159. The Morgan fingerprint density at radius 1 is 1.09 bits per heavy atom. The molecule has 0 bridgehead atoms. The van der Waals surface area contributed by atoms with Crippen LogP contribution in [0.5, 0.6) is 5.75 Å². The second kappa shape index (κ2) is 9.61. The third-order valence-electron chi connectivity index (χ3n) is 6.68. The Morgan fingerprint density at radius 2 is 1.83 bits per heavy atom. The van der Waals surface area contributed by atoms with Crippen molar-refractivity contribution in [2.45, 2.75) is 18.0 Å². The number of hydrogen-bond donors (Lipinski definition) is 1. The van der Waals surface area contributed by atoms with Gasteiger partial charge in [-0.15, -0.1) is 0 Å². The monoisotopic (exact) mass is 467 g/mol. The molecule has 3 atom stereocenters. The standard InChI is InChI=1S/C28H25N3O4/c1-35-23-4-2-3-20(15-23)6-5-19-7-9-21(10-8-19)27-24-16-30(17-26(33)31(24)25(27)18-32)28(34)22-11-13-29-14-12-22/h2-4,7-15,24-25,27,32H,16-18H2,1H3/t24-,25-,27+/m1/s1. The van der Waals surface area contributed by atoms with E-state index in [1.54, 1.807) is 41.4 Å². The van der Waals surface area contributed by atoms with Crippen molar-refractivity contribution < 1.29 is 19.4 Å². The smallest absolute Gasteiger partial charge is 0.254 e. The van der Waals surface area contributed by atoms with Crippen molar-refractivity contribution in [3.05, 3.63) is 95.3 Å². The zero-order valence-electron chi connectivity index (χ0n) is 19.3. The summed E-state index contributed by atoms with van der Waals surface area (Å²) in [5.41, 5.74) is 3.25. The number of amides is 2. The molecule has 0 spiro atoms. The lowest BCUT2D eigenvalue weighted by Gasteiger charge is -2.58. The average molecular weight is 468 g/mol. The van der Waals surface area contributed by atoms with Gasteiger partial charge in [0.05, 0.1) is 25.8 Å². The van der Waals surface area contributed by atoms with Crippen LogP contribution >= 0.6 is 0 Å². The molecule has 5 rings (SSSR count). The largest absolute Gasteiger partial charge is 0.497 e. The number of methoxy groups -OCH3 is 1. The molecule has 7 heteroatoms. The Kier molecular flexibility index (Phi) is 6.21. The maximum absolute atomic E-state index is 12.9. The van der Waals surface area contributed by atoms with Gasteiger partial charge in [-0.1, -0.05) is 30.0 Å². The number of aliphatic hydroxyl groups excluding tert-OH is 1. The van der Waals surface area contributed by atoms with E-state index in [9.17, 15) is 14.7 Å². The topological polar surface area (TPSA) is 83.0 Å². The summed E-state index contributed by atoms with van der Waals surface area (Å²) in [5.74, 6) is 6.69. The van der Waals surface area contributed by atoms with E-state index < -0.39 is 0 Å². The van der Waals surface area contributed by atoms with Crippen molar-refractivity contribution in [2.24, 2.45) is 0 Å². The summed E-state index contributed by atoms with van der Waals surface area (Å²) in [5, 5.41) is 10.0. The van der Waals surface area contributed by atoms with E-state index in [4.69, 9.17) is 4.74 Å². The molecule has 2 aliphatic rings. The highest BCUT2D eigenvalue weighted by Gasteiger charge is 2.54. The minimum atomic E-state index is -0.292.